The first-order valence-electron chi connectivity index (χ1n) is 9.43. The predicted octanol–water partition coefficient (Wildman–Crippen LogP) is 3.90. The Morgan fingerprint density at radius 1 is 1.27 bits per heavy atom. The van der Waals surface area contributed by atoms with Crippen molar-refractivity contribution in [2.24, 2.45) is 4.99 Å². The molecule has 7 heteroatoms. The first-order valence-corrected chi connectivity index (χ1v) is 9.43. The molecule has 26 heavy (non-hydrogen) atoms. The van der Waals surface area contributed by atoms with E-state index >= 15 is 0 Å². The number of halogens is 1. The zero-order valence-electron chi connectivity index (χ0n) is 15.5. The smallest absolute Gasteiger partial charge is 0.191 e. The molecule has 0 aromatic carbocycles. The average Bonchev–Trinajstić information content (AvgIpc) is 3.38. The Balaban J connectivity index is 0.00000243. The molecular weight excluding hydrogens is 441 g/mol. The topological polar surface area (TPSA) is 67.4 Å². The molecule has 1 fully saturated rings. The number of rotatable bonds is 8. The quantitative estimate of drug-likeness (QED) is 0.348. The van der Waals surface area contributed by atoms with Gasteiger partial charge in [0.1, 0.15) is 5.76 Å². The van der Waals surface area contributed by atoms with Gasteiger partial charge in [0.2, 0.25) is 0 Å². The molecule has 0 saturated heterocycles. The number of nitrogens with zero attached hydrogens (tertiary/aromatic N) is 3. The van der Waals surface area contributed by atoms with Crippen molar-refractivity contribution in [2.75, 3.05) is 13.1 Å². The van der Waals surface area contributed by atoms with Crippen molar-refractivity contribution in [3.8, 4) is 0 Å². The molecule has 2 aromatic heterocycles. The normalized spacial score (nSPS) is 15.0. The van der Waals surface area contributed by atoms with Crippen LogP contribution in [0.1, 0.15) is 56.5 Å². The molecule has 144 valence electrons. The second-order valence-electron chi connectivity index (χ2n) is 6.57. The van der Waals surface area contributed by atoms with Crippen molar-refractivity contribution in [1.29, 1.82) is 0 Å². The summed E-state index contributed by atoms with van der Waals surface area (Å²) >= 11 is 0. The number of aromatic nitrogens is 2. The van der Waals surface area contributed by atoms with Crippen LogP contribution in [0.15, 0.2) is 40.1 Å². The maximum atomic E-state index is 5.36. The summed E-state index contributed by atoms with van der Waals surface area (Å²) in [6.07, 6.45) is 10.9. The van der Waals surface area contributed by atoms with Crippen LogP contribution in [0.5, 0.6) is 0 Å². The van der Waals surface area contributed by atoms with Gasteiger partial charge >= 0.3 is 0 Å². The summed E-state index contributed by atoms with van der Waals surface area (Å²) < 4.78 is 7.49. The van der Waals surface area contributed by atoms with Gasteiger partial charge in [-0.25, -0.2) is 4.99 Å². The zero-order valence-corrected chi connectivity index (χ0v) is 17.8. The lowest BCUT2D eigenvalue weighted by molar-refractivity contribution is 0.463. The Bertz CT molecular complexity index is 647. The van der Waals surface area contributed by atoms with E-state index in [9.17, 15) is 0 Å². The van der Waals surface area contributed by atoms with Crippen LogP contribution in [-0.2, 0) is 13.0 Å². The Kier molecular flexibility index (Phi) is 9.00. The minimum Gasteiger partial charge on any atom is -0.469 e. The van der Waals surface area contributed by atoms with Gasteiger partial charge in [0.15, 0.2) is 5.96 Å². The molecule has 1 aliphatic rings. The van der Waals surface area contributed by atoms with Crippen LogP contribution in [-0.4, -0.2) is 28.8 Å². The number of aliphatic imine (C=N–C) groups is 1. The van der Waals surface area contributed by atoms with Crippen LogP contribution < -0.4 is 10.6 Å². The Morgan fingerprint density at radius 3 is 2.81 bits per heavy atom. The zero-order chi connectivity index (χ0) is 17.3. The summed E-state index contributed by atoms with van der Waals surface area (Å²) in [7, 11) is 0. The molecule has 3 rings (SSSR count). The molecule has 0 bridgehead atoms. The van der Waals surface area contributed by atoms with Crippen LogP contribution in [0, 0.1) is 0 Å². The molecular formula is C19H30IN5O. The van der Waals surface area contributed by atoms with Gasteiger partial charge in [-0.1, -0.05) is 19.8 Å². The lowest BCUT2D eigenvalue weighted by Gasteiger charge is -2.11. The van der Waals surface area contributed by atoms with Crippen LogP contribution in [0.3, 0.4) is 0 Å². The third-order valence-electron chi connectivity index (χ3n) is 4.55. The highest BCUT2D eigenvalue weighted by Crippen LogP contribution is 2.28. The third kappa shape index (κ3) is 6.34. The third-order valence-corrected chi connectivity index (χ3v) is 4.55. The number of furan rings is 1. The van der Waals surface area contributed by atoms with Gasteiger partial charge in [0.05, 0.1) is 24.5 Å². The van der Waals surface area contributed by atoms with E-state index in [4.69, 9.17) is 9.52 Å². The van der Waals surface area contributed by atoms with E-state index in [-0.39, 0.29) is 24.0 Å². The molecule has 6 nitrogen and oxygen atoms in total. The summed E-state index contributed by atoms with van der Waals surface area (Å²) in [5.74, 6) is 1.82. The molecule has 0 amide bonds. The van der Waals surface area contributed by atoms with E-state index in [2.05, 4.69) is 39.5 Å². The van der Waals surface area contributed by atoms with Crippen molar-refractivity contribution in [3.05, 3.63) is 42.1 Å². The molecule has 0 radical (unpaired) electrons. The minimum atomic E-state index is 0. The molecule has 0 spiro atoms. The van der Waals surface area contributed by atoms with Crippen molar-refractivity contribution in [3.63, 3.8) is 0 Å². The Hall–Kier alpha value is -1.51. The number of hydrogen-bond acceptors (Lipinski definition) is 3. The second-order valence-corrected chi connectivity index (χ2v) is 6.57. The van der Waals surface area contributed by atoms with E-state index in [0.29, 0.717) is 12.6 Å². The molecule has 2 N–H and O–H groups in total. The molecule has 0 aliphatic heterocycles. The highest BCUT2D eigenvalue weighted by Gasteiger charge is 2.17. The van der Waals surface area contributed by atoms with Gasteiger partial charge in [-0.3, -0.25) is 4.68 Å². The van der Waals surface area contributed by atoms with E-state index in [1.165, 1.54) is 25.7 Å². The van der Waals surface area contributed by atoms with E-state index in [1.54, 1.807) is 6.26 Å². The number of guanidine groups is 1. The maximum Gasteiger partial charge on any atom is 0.191 e. The van der Waals surface area contributed by atoms with Gasteiger partial charge in [-0.15, -0.1) is 24.0 Å². The number of nitrogens with one attached hydrogen (secondary N) is 2. The monoisotopic (exact) mass is 471 g/mol. The van der Waals surface area contributed by atoms with Crippen LogP contribution in [0.2, 0.25) is 0 Å². The standard InChI is InChI=1S/C19H29N5O.HI/c1-2-11-20-19(21-12-9-18-8-5-14-25-18)22-15-16-10-13-24(23-16)17-6-3-4-7-17;/h5,8,10,13-14,17H,2-4,6-7,9,11-12,15H2,1H3,(H2,20,21,22);1H. The lowest BCUT2D eigenvalue weighted by atomic mass is 10.3. The first-order chi connectivity index (χ1) is 12.3. The number of hydrogen-bond donors (Lipinski definition) is 2. The highest BCUT2D eigenvalue weighted by molar-refractivity contribution is 14.0. The van der Waals surface area contributed by atoms with Gasteiger partial charge in [0.25, 0.3) is 0 Å². The molecule has 0 atom stereocenters. The van der Waals surface area contributed by atoms with Crippen molar-refractivity contribution in [1.82, 2.24) is 20.4 Å². The summed E-state index contributed by atoms with van der Waals surface area (Å²) in [5, 5.41) is 11.4. The van der Waals surface area contributed by atoms with Gasteiger partial charge < -0.3 is 15.1 Å². The molecule has 1 saturated carbocycles. The lowest BCUT2D eigenvalue weighted by Crippen LogP contribution is -2.38. The second kappa shape index (κ2) is 11.3. The van der Waals surface area contributed by atoms with Crippen molar-refractivity contribution in [2.45, 2.75) is 58.0 Å². The molecule has 2 aromatic rings. The van der Waals surface area contributed by atoms with Gasteiger partial charge in [-0.05, 0) is 37.5 Å². The molecule has 0 unspecified atom stereocenters. The van der Waals surface area contributed by atoms with Crippen molar-refractivity contribution < 1.29 is 4.42 Å². The highest BCUT2D eigenvalue weighted by atomic mass is 127. The first kappa shape index (κ1) is 20.8. The van der Waals surface area contributed by atoms with E-state index in [1.807, 2.05) is 12.1 Å². The summed E-state index contributed by atoms with van der Waals surface area (Å²) in [5.41, 5.74) is 1.02. The fraction of sp³-hybridized carbons (Fsp3) is 0.579. The minimum absolute atomic E-state index is 0. The molecule has 1 aliphatic carbocycles. The fourth-order valence-corrected chi connectivity index (χ4v) is 3.17. The van der Waals surface area contributed by atoms with Crippen LogP contribution >= 0.6 is 24.0 Å². The Morgan fingerprint density at radius 2 is 2.08 bits per heavy atom. The van der Waals surface area contributed by atoms with Crippen LogP contribution in [0.4, 0.5) is 0 Å². The SMILES string of the molecule is CCCNC(=NCc1ccn(C2CCCC2)n1)NCCc1ccco1.I. The average molecular weight is 471 g/mol. The largest absolute Gasteiger partial charge is 0.469 e. The van der Waals surface area contributed by atoms with Crippen molar-refractivity contribution >= 4 is 29.9 Å². The molecule has 2 heterocycles. The summed E-state index contributed by atoms with van der Waals surface area (Å²) in [6, 6.07) is 6.58. The van der Waals surface area contributed by atoms with Gasteiger partial charge in [0, 0.05) is 25.7 Å². The van der Waals surface area contributed by atoms with E-state index < -0.39 is 0 Å². The summed E-state index contributed by atoms with van der Waals surface area (Å²) in [4.78, 5) is 4.68. The summed E-state index contributed by atoms with van der Waals surface area (Å²) in [6.45, 7) is 4.44. The maximum absolute atomic E-state index is 5.36. The van der Waals surface area contributed by atoms with E-state index in [0.717, 1.165) is 43.3 Å². The predicted molar refractivity (Wildman–Crippen MR) is 115 cm³/mol. The fourth-order valence-electron chi connectivity index (χ4n) is 3.17. The Labute approximate surface area is 172 Å². The van der Waals surface area contributed by atoms with Crippen LogP contribution in [0.25, 0.3) is 0 Å². The van der Waals surface area contributed by atoms with Gasteiger partial charge in [-0.2, -0.15) is 5.10 Å².